The molecule has 2 amide bonds. The van der Waals surface area contributed by atoms with Crippen molar-refractivity contribution in [1.82, 2.24) is 14.8 Å². The fraction of sp³-hybridized carbons (Fsp3) is 0.0833. The Balaban J connectivity index is 1.56. The molecule has 8 nitrogen and oxygen atoms in total. The minimum Gasteiger partial charge on any atom is -0.497 e. The maximum atomic E-state index is 12.5. The predicted molar refractivity (Wildman–Crippen MR) is 133 cm³/mol. The Morgan fingerprint density at radius 2 is 1.68 bits per heavy atom. The monoisotopic (exact) mass is 493 g/mol. The normalized spacial score (nSPS) is 10.6. The van der Waals surface area contributed by atoms with Gasteiger partial charge in [-0.15, -0.1) is 10.2 Å². The molecule has 3 N–H and O–H groups in total. The topological polar surface area (TPSA) is 112 Å². The van der Waals surface area contributed by atoms with Crippen molar-refractivity contribution < 1.29 is 14.3 Å². The van der Waals surface area contributed by atoms with E-state index in [1.807, 2.05) is 41.0 Å². The summed E-state index contributed by atoms with van der Waals surface area (Å²) in [5.41, 5.74) is 7.83. The van der Waals surface area contributed by atoms with E-state index in [4.69, 9.17) is 22.1 Å². The number of hydrogen-bond donors (Lipinski definition) is 2. The van der Waals surface area contributed by atoms with Crippen molar-refractivity contribution in [2.45, 2.75) is 5.16 Å². The third-order valence-corrected chi connectivity index (χ3v) is 6.03. The molecule has 0 atom stereocenters. The molecule has 0 saturated heterocycles. The van der Waals surface area contributed by atoms with Gasteiger partial charge in [0.2, 0.25) is 11.8 Å². The van der Waals surface area contributed by atoms with Crippen LogP contribution < -0.4 is 15.8 Å². The van der Waals surface area contributed by atoms with Crippen LogP contribution in [0.3, 0.4) is 0 Å². The highest BCUT2D eigenvalue weighted by molar-refractivity contribution is 7.99. The lowest BCUT2D eigenvalue weighted by Crippen LogP contribution is -2.15. The summed E-state index contributed by atoms with van der Waals surface area (Å²) in [6.45, 7) is 0. The molecule has 1 aromatic heterocycles. The molecule has 3 aromatic carbocycles. The number of hydrogen-bond acceptors (Lipinski definition) is 6. The van der Waals surface area contributed by atoms with Gasteiger partial charge in [-0.2, -0.15) is 0 Å². The van der Waals surface area contributed by atoms with E-state index in [0.717, 1.165) is 17.0 Å². The Morgan fingerprint density at radius 1 is 1.00 bits per heavy atom. The van der Waals surface area contributed by atoms with Gasteiger partial charge >= 0.3 is 0 Å². The number of thioether (sulfide) groups is 1. The summed E-state index contributed by atoms with van der Waals surface area (Å²) < 4.78 is 7.11. The van der Waals surface area contributed by atoms with Crippen LogP contribution in [0.15, 0.2) is 78.0 Å². The van der Waals surface area contributed by atoms with Crippen molar-refractivity contribution in [3.8, 4) is 22.8 Å². The molecule has 0 saturated carbocycles. The molecule has 0 fully saturated rings. The number of primary amides is 1. The lowest BCUT2D eigenvalue weighted by Gasteiger charge is -2.11. The molecular formula is C24H20ClN5O3S. The molecule has 0 spiro atoms. The van der Waals surface area contributed by atoms with Crippen LogP contribution in [-0.4, -0.2) is 39.4 Å². The van der Waals surface area contributed by atoms with Gasteiger partial charge in [-0.05, 0) is 72.8 Å². The predicted octanol–water partition coefficient (Wildman–Crippen LogP) is 4.43. The Morgan fingerprint density at radius 3 is 2.29 bits per heavy atom. The zero-order chi connectivity index (χ0) is 24.1. The summed E-state index contributed by atoms with van der Waals surface area (Å²) in [5, 5.41) is 12.6. The second-order valence-corrected chi connectivity index (χ2v) is 8.50. The van der Waals surface area contributed by atoms with E-state index >= 15 is 0 Å². The van der Waals surface area contributed by atoms with Gasteiger partial charge in [0.25, 0.3) is 0 Å². The minimum absolute atomic E-state index is 0.103. The van der Waals surface area contributed by atoms with Crippen LogP contribution in [0.1, 0.15) is 10.4 Å². The zero-order valence-corrected chi connectivity index (χ0v) is 19.6. The molecule has 0 aliphatic carbocycles. The van der Waals surface area contributed by atoms with E-state index in [0.29, 0.717) is 27.3 Å². The third kappa shape index (κ3) is 5.38. The number of carbonyl (C=O) groups excluding carboxylic acids is 2. The van der Waals surface area contributed by atoms with Crippen molar-refractivity contribution in [3.05, 3.63) is 83.4 Å². The second kappa shape index (κ2) is 10.4. The minimum atomic E-state index is -0.525. The number of halogens is 1. The standard InChI is InChI=1S/C24H20ClN5O3S/c1-33-20-12-4-16(5-13-20)23-28-29-24(30(23)19-10-6-17(25)7-11-19)34-14-21(31)27-18-8-2-15(3-9-18)22(26)32/h2-13H,14H2,1H3,(H2,26,32)(H,27,31). The van der Waals surface area contributed by atoms with Crippen molar-refractivity contribution in [2.75, 3.05) is 18.2 Å². The van der Waals surface area contributed by atoms with Crippen LogP contribution in [-0.2, 0) is 4.79 Å². The fourth-order valence-corrected chi connectivity index (χ4v) is 4.04. The second-order valence-electron chi connectivity index (χ2n) is 7.12. The first-order valence-electron chi connectivity index (χ1n) is 10.1. The number of nitrogens with two attached hydrogens (primary N) is 1. The van der Waals surface area contributed by atoms with Crippen LogP contribution in [0, 0.1) is 0 Å². The first-order chi connectivity index (χ1) is 16.4. The fourth-order valence-electron chi connectivity index (χ4n) is 3.16. The van der Waals surface area contributed by atoms with Crippen molar-refractivity contribution in [1.29, 1.82) is 0 Å². The molecule has 0 aliphatic heterocycles. The highest BCUT2D eigenvalue weighted by Crippen LogP contribution is 2.29. The SMILES string of the molecule is COc1ccc(-c2nnc(SCC(=O)Nc3ccc(C(N)=O)cc3)n2-c2ccc(Cl)cc2)cc1. The van der Waals surface area contributed by atoms with E-state index in [9.17, 15) is 9.59 Å². The summed E-state index contributed by atoms with van der Waals surface area (Å²) in [4.78, 5) is 23.7. The van der Waals surface area contributed by atoms with Crippen LogP contribution in [0.25, 0.3) is 17.1 Å². The molecule has 4 aromatic rings. The molecule has 1 heterocycles. The zero-order valence-electron chi connectivity index (χ0n) is 18.1. The van der Waals surface area contributed by atoms with Gasteiger partial charge in [-0.25, -0.2) is 0 Å². The average molecular weight is 494 g/mol. The van der Waals surface area contributed by atoms with Crippen LogP contribution in [0.2, 0.25) is 5.02 Å². The number of amides is 2. The number of rotatable bonds is 8. The molecular weight excluding hydrogens is 474 g/mol. The number of aromatic nitrogens is 3. The van der Waals surface area contributed by atoms with E-state index in [1.165, 1.54) is 11.8 Å². The molecule has 0 bridgehead atoms. The first kappa shape index (κ1) is 23.3. The Labute approximate surface area is 205 Å². The Kier molecular flexibility index (Phi) is 7.15. The number of methoxy groups -OCH3 is 1. The van der Waals surface area contributed by atoms with Crippen LogP contribution in [0.5, 0.6) is 5.75 Å². The van der Waals surface area contributed by atoms with Gasteiger partial charge in [-0.3, -0.25) is 14.2 Å². The lowest BCUT2D eigenvalue weighted by molar-refractivity contribution is -0.113. The summed E-state index contributed by atoms with van der Waals surface area (Å²) >= 11 is 7.32. The summed E-state index contributed by atoms with van der Waals surface area (Å²) in [6.07, 6.45) is 0. The molecule has 0 radical (unpaired) electrons. The average Bonchev–Trinajstić information content (AvgIpc) is 3.27. The first-order valence-corrected chi connectivity index (χ1v) is 11.5. The summed E-state index contributed by atoms with van der Waals surface area (Å²) in [7, 11) is 1.61. The number of anilines is 1. The quantitative estimate of drug-likeness (QED) is 0.351. The maximum absolute atomic E-state index is 12.5. The molecule has 172 valence electrons. The van der Waals surface area contributed by atoms with Gasteiger partial charge in [-0.1, -0.05) is 23.4 Å². The Hall–Kier alpha value is -3.82. The molecule has 4 rings (SSSR count). The van der Waals surface area contributed by atoms with Crippen LogP contribution >= 0.6 is 23.4 Å². The van der Waals surface area contributed by atoms with Crippen molar-refractivity contribution in [2.24, 2.45) is 5.73 Å². The van der Waals surface area contributed by atoms with Crippen molar-refractivity contribution in [3.63, 3.8) is 0 Å². The number of nitrogens with one attached hydrogen (secondary N) is 1. The third-order valence-electron chi connectivity index (χ3n) is 4.85. The van der Waals surface area contributed by atoms with Gasteiger partial charge in [0.1, 0.15) is 5.75 Å². The number of nitrogens with zero attached hydrogens (tertiary/aromatic N) is 3. The molecule has 34 heavy (non-hydrogen) atoms. The van der Waals surface area contributed by atoms with Gasteiger partial charge in [0.15, 0.2) is 11.0 Å². The number of benzene rings is 3. The van der Waals surface area contributed by atoms with E-state index in [-0.39, 0.29) is 11.7 Å². The van der Waals surface area contributed by atoms with Gasteiger partial charge < -0.3 is 15.8 Å². The van der Waals surface area contributed by atoms with Gasteiger partial charge in [0, 0.05) is 27.5 Å². The van der Waals surface area contributed by atoms with Gasteiger partial charge in [0.05, 0.1) is 12.9 Å². The lowest BCUT2D eigenvalue weighted by atomic mass is 10.2. The Bertz CT molecular complexity index is 1310. The van der Waals surface area contributed by atoms with E-state index < -0.39 is 5.91 Å². The highest BCUT2D eigenvalue weighted by Gasteiger charge is 2.18. The molecule has 0 unspecified atom stereocenters. The smallest absolute Gasteiger partial charge is 0.248 e. The number of carbonyl (C=O) groups is 2. The summed E-state index contributed by atoms with van der Waals surface area (Å²) in [6, 6.07) is 21.1. The van der Waals surface area contributed by atoms with E-state index in [1.54, 1.807) is 43.5 Å². The van der Waals surface area contributed by atoms with E-state index in [2.05, 4.69) is 15.5 Å². The summed E-state index contributed by atoms with van der Waals surface area (Å²) in [5.74, 6) is 0.703. The highest BCUT2D eigenvalue weighted by atomic mass is 35.5. The largest absolute Gasteiger partial charge is 0.497 e. The maximum Gasteiger partial charge on any atom is 0.248 e. The van der Waals surface area contributed by atoms with Crippen molar-refractivity contribution >= 4 is 40.9 Å². The molecule has 10 heteroatoms. The van der Waals surface area contributed by atoms with Crippen LogP contribution in [0.4, 0.5) is 5.69 Å². The number of ether oxygens (including phenoxy) is 1. The molecule has 0 aliphatic rings.